The highest BCUT2D eigenvalue weighted by Gasteiger charge is 2.33. The topological polar surface area (TPSA) is 277 Å². The molecule has 2 aliphatic heterocycles. The number of nitrogens with zero attached hydrogens (tertiary/aromatic N) is 6. The summed E-state index contributed by atoms with van der Waals surface area (Å²) in [6.07, 6.45) is -2.29. The molecule has 0 spiro atoms. The molecule has 2 aliphatic rings. The van der Waals surface area contributed by atoms with Crippen LogP contribution in [0.25, 0.3) is 20.9 Å². The molecular weight excluding hydrogens is 865 g/mol. The maximum Gasteiger partial charge on any atom is 0.494 e. The number of carbonyl (C=O) groups excluding carboxylic acids is 2. The van der Waals surface area contributed by atoms with Gasteiger partial charge >= 0.3 is 26.4 Å². The van der Waals surface area contributed by atoms with E-state index in [9.17, 15) is 9.59 Å². The van der Waals surface area contributed by atoms with E-state index in [-0.39, 0.29) is 37.9 Å². The van der Waals surface area contributed by atoms with E-state index in [0.717, 1.165) is 18.7 Å². The van der Waals surface area contributed by atoms with Crippen LogP contribution in [0.3, 0.4) is 0 Å². The fourth-order valence-corrected chi connectivity index (χ4v) is 4.41. The van der Waals surface area contributed by atoms with Crippen LogP contribution < -0.4 is 29.9 Å². The lowest BCUT2D eigenvalue weighted by Gasteiger charge is -2.12. The normalized spacial score (nSPS) is 13.0. The molecule has 4 aromatic rings. The summed E-state index contributed by atoms with van der Waals surface area (Å²) in [4.78, 5) is 26.5. The minimum Gasteiger partial charge on any atom is -0.491 e. The average Bonchev–Trinajstić information content (AvgIpc) is 4.10. The first kappa shape index (κ1) is 60.6. The van der Waals surface area contributed by atoms with Crippen molar-refractivity contribution in [3.63, 3.8) is 0 Å². The van der Waals surface area contributed by atoms with Gasteiger partial charge in [-0.15, -0.1) is 0 Å². The number of azide groups is 2. The Kier molecular flexibility index (Phi) is 33.5. The number of ether oxygens (including phenoxy) is 5. The molecule has 6 rings (SSSR count). The van der Waals surface area contributed by atoms with Crippen molar-refractivity contribution in [3.8, 4) is 23.0 Å². The van der Waals surface area contributed by atoms with Gasteiger partial charge in [0.25, 0.3) is 0 Å². The third-order valence-corrected chi connectivity index (χ3v) is 7.81. The van der Waals surface area contributed by atoms with Crippen molar-refractivity contribution in [1.29, 1.82) is 0 Å². The summed E-state index contributed by atoms with van der Waals surface area (Å²) in [6.45, 7) is 2.35. The minimum atomic E-state index is -1.34. The third-order valence-electron chi connectivity index (χ3n) is 7.81. The summed E-state index contributed by atoms with van der Waals surface area (Å²) in [7, 11) is 33.9. The highest BCUT2D eigenvalue weighted by Crippen LogP contribution is 2.20. The summed E-state index contributed by atoms with van der Waals surface area (Å²) >= 11 is 0. The zero-order chi connectivity index (χ0) is 50.5. The van der Waals surface area contributed by atoms with Gasteiger partial charge in [-0.1, -0.05) is 60.7 Å². The second-order valence-corrected chi connectivity index (χ2v) is 13.4. The molecule has 2 unspecified atom stereocenters. The monoisotopic (exact) mass is 907 g/mol. The molecule has 19 nitrogen and oxygen atoms in total. The van der Waals surface area contributed by atoms with E-state index in [1.54, 1.807) is 48.5 Å². The van der Waals surface area contributed by atoms with Crippen LogP contribution >= 0.6 is 0 Å². The van der Waals surface area contributed by atoms with E-state index in [1.807, 2.05) is 36.4 Å². The smallest absolute Gasteiger partial charge is 0.491 e. The number of carbonyl (C=O) groups is 2. The Labute approximate surface area is 407 Å². The van der Waals surface area contributed by atoms with Crippen LogP contribution in [0.15, 0.2) is 119 Å². The fourth-order valence-electron chi connectivity index (χ4n) is 4.41. The molecule has 4 aromatic carbocycles. The number of amides is 2. The molecule has 0 aromatic heterocycles. The number of aliphatic hydroxyl groups is 2. The fraction of sp³-hybridized carbons (Fsp3) is 0.278. The van der Waals surface area contributed by atoms with Crippen LogP contribution in [0.5, 0.6) is 23.0 Å². The SMILES string of the molecule is C1CCOC1.OB(O)c1ccccc1.[B]B([B])B([B])[B].[B][B]B([B])[B].[N-]=[N+]=NC(=O)Oc1ccc(OCC(O)CO)cc1.[N-]=[N+]=NC(=O)Oc1ccc(OCC2COB(c3ccccc3)O2)cc1. The maximum absolute atomic E-state index is 11.0. The Morgan fingerprint density at radius 1 is 0.750 bits per heavy atom. The van der Waals surface area contributed by atoms with Crippen LogP contribution in [-0.4, -0.2) is 179 Å². The van der Waals surface area contributed by atoms with Gasteiger partial charge in [0.1, 0.15) is 42.3 Å². The number of aliphatic hydroxyl groups excluding tert-OH is 2. The molecule has 2 fully saturated rings. The van der Waals surface area contributed by atoms with E-state index in [4.69, 9.17) is 114 Å². The predicted molar refractivity (Wildman–Crippen MR) is 270 cm³/mol. The zero-order valence-corrected chi connectivity index (χ0v) is 36.9. The Morgan fingerprint density at radius 3 is 1.56 bits per heavy atom. The molecule has 32 heteroatoms. The lowest BCUT2D eigenvalue weighted by molar-refractivity contribution is 0.0536. The number of rotatable bonds is 13. The van der Waals surface area contributed by atoms with Crippen LogP contribution in [0, 0.1) is 0 Å². The van der Waals surface area contributed by atoms with Crippen LogP contribution in [0.4, 0.5) is 9.59 Å². The second-order valence-electron chi connectivity index (χ2n) is 13.4. The first-order valence-electron chi connectivity index (χ1n) is 20.3. The molecular formula is C36H40B13N6O13. The molecule has 2 atom stereocenters. The largest absolute Gasteiger partial charge is 0.494 e. The van der Waals surface area contributed by atoms with Crippen molar-refractivity contribution in [3.05, 3.63) is 130 Å². The van der Waals surface area contributed by atoms with Crippen molar-refractivity contribution in [2.45, 2.75) is 25.0 Å². The average molecular weight is 905 g/mol. The Bertz CT molecular complexity index is 2040. The molecule has 331 valence electrons. The predicted octanol–water partition coefficient (Wildman–Crippen LogP) is -0.113. The highest BCUT2D eigenvalue weighted by molar-refractivity contribution is 7.76. The molecule has 0 bridgehead atoms. The van der Waals surface area contributed by atoms with Gasteiger partial charge < -0.3 is 53.3 Å². The van der Waals surface area contributed by atoms with Gasteiger partial charge in [-0.25, -0.2) is 9.59 Å². The van der Waals surface area contributed by atoms with Crippen molar-refractivity contribution < 1.29 is 62.8 Å². The van der Waals surface area contributed by atoms with E-state index in [1.165, 1.54) is 44.2 Å². The van der Waals surface area contributed by atoms with Crippen LogP contribution in [0.1, 0.15) is 12.8 Å². The number of hydrogen-bond acceptors (Lipinski definition) is 13. The lowest BCUT2D eigenvalue weighted by atomic mass is 8.81. The second kappa shape index (κ2) is 37.6. The molecule has 0 saturated carbocycles. The summed E-state index contributed by atoms with van der Waals surface area (Å²) in [6, 6.07) is 30.6. The van der Waals surface area contributed by atoms with E-state index < -0.39 is 44.6 Å². The molecule has 2 saturated heterocycles. The maximum atomic E-state index is 11.0. The van der Waals surface area contributed by atoms with Crippen molar-refractivity contribution >= 4 is 118 Å². The Hall–Kier alpha value is -5.40. The quantitative estimate of drug-likeness (QED) is 0.0591. The highest BCUT2D eigenvalue weighted by atomic mass is 16.7. The summed E-state index contributed by atoms with van der Waals surface area (Å²) in [5.74, 6) is 1.48. The molecule has 68 heavy (non-hydrogen) atoms. The Morgan fingerprint density at radius 2 is 1.19 bits per heavy atom. The summed E-state index contributed by atoms with van der Waals surface area (Å²) in [5.41, 5.74) is 17.6. The molecule has 4 N–H and O–H groups in total. The van der Waals surface area contributed by atoms with Crippen molar-refractivity contribution in [1.82, 2.24) is 0 Å². The van der Waals surface area contributed by atoms with Gasteiger partial charge in [0, 0.05) is 114 Å². The first-order chi connectivity index (χ1) is 32.6. The summed E-state index contributed by atoms with van der Waals surface area (Å²) < 4.78 is 36.6. The van der Waals surface area contributed by atoms with Gasteiger partial charge in [-0.2, -0.15) is 0 Å². The van der Waals surface area contributed by atoms with Crippen LogP contribution in [0.2, 0.25) is 0 Å². The lowest BCUT2D eigenvalue weighted by Crippen LogP contribution is -2.38. The van der Waals surface area contributed by atoms with Gasteiger partial charge in [-0.05, 0) is 83.4 Å². The molecule has 0 aliphatic carbocycles. The standard InChI is InChI=1S/C16H14BN3O5.C10H11N3O5.C6H7BO2.C4H8O.B6.B5/c18-20-19-16(21)24-14-8-6-13(7-9-14)22-10-15-11-23-17(25-15)12-4-2-1-3-5-12;11-13-12-10(16)18-9-3-1-8(2-4-9)17-6-7(15)5-14;8-7(9)6-4-2-1-3-5-6;1-2-4-5-3-1;1-5(2)6(3)4;1-4-5(2)3/h1-9,15H,10-11H2;1-4,7,14-15H,5-6H2;1-5,8-9H;1-4H2;;. The molecule has 2 heterocycles. The van der Waals surface area contributed by atoms with Gasteiger partial charge in [0.15, 0.2) is 0 Å². The van der Waals surface area contributed by atoms with Crippen molar-refractivity contribution in [2.75, 3.05) is 39.6 Å². The van der Waals surface area contributed by atoms with E-state index in [0.29, 0.717) is 30.2 Å². The number of hydrogen-bond donors (Lipinski definition) is 4. The first-order valence-corrected chi connectivity index (χ1v) is 20.3. The van der Waals surface area contributed by atoms with Gasteiger partial charge in [-0.3, -0.25) is 0 Å². The molecule has 15 radical (unpaired) electrons. The minimum absolute atomic E-state index is 0.0473. The third kappa shape index (κ3) is 30.1. The summed E-state index contributed by atoms with van der Waals surface area (Å²) in [5, 5.41) is 40.4. The molecule has 2 amide bonds. The number of benzene rings is 4. The van der Waals surface area contributed by atoms with Gasteiger partial charge in [0.05, 0.1) is 19.3 Å². The van der Waals surface area contributed by atoms with Crippen LogP contribution in [-0.2, 0) is 14.0 Å². The van der Waals surface area contributed by atoms with Crippen molar-refractivity contribution in [2.24, 2.45) is 10.2 Å². The van der Waals surface area contributed by atoms with Gasteiger partial charge in [0.2, 0.25) is 0 Å². The van der Waals surface area contributed by atoms with E-state index in [2.05, 4.69) is 24.8 Å². The van der Waals surface area contributed by atoms with E-state index >= 15 is 0 Å². The Balaban J connectivity index is 0.000000464. The zero-order valence-electron chi connectivity index (χ0n) is 36.9.